The molecule has 0 saturated carbocycles. The molecule has 0 bridgehead atoms. The number of aryl methyl sites for hydroxylation is 1. The first-order valence-corrected chi connectivity index (χ1v) is 5.30. The van der Waals surface area contributed by atoms with Gasteiger partial charge < -0.3 is 5.73 Å². The Balaban J connectivity index is 1.86. The van der Waals surface area contributed by atoms with Crippen LogP contribution in [0.5, 0.6) is 0 Å². The summed E-state index contributed by atoms with van der Waals surface area (Å²) in [4.78, 5) is 4.34. The van der Waals surface area contributed by atoms with Gasteiger partial charge in [-0.1, -0.05) is 12.1 Å². The van der Waals surface area contributed by atoms with Crippen LogP contribution in [0.4, 0.5) is 4.39 Å². The van der Waals surface area contributed by atoms with E-state index >= 15 is 0 Å². The summed E-state index contributed by atoms with van der Waals surface area (Å²) in [6.07, 6.45) is 3.94. The number of hydrogen-bond acceptors (Lipinski definition) is 2. The molecule has 0 aromatic heterocycles. The summed E-state index contributed by atoms with van der Waals surface area (Å²) in [5.41, 5.74) is 6.78. The summed E-state index contributed by atoms with van der Waals surface area (Å²) >= 11 is 0. The fourth-order valence-electron chi connectivity index (χ4n) is 1.87. The minimum atomic E-state index is -0.179. The Kier molecular flexibility index (Phi) is 2.99. The van der Waals surface area contributed by atoms with Crippen molar-refractivity contribution < 1.29 is 4.39 Å². The third-order valence-corrected chi connectivity index (χ3v) is 2.76. The van der Waals surface area contributed by atoms with Gasteiger partial charge in [0.1, 0.15) is 5.82 Å². The standard InChI is InChI=1S/C12H15FN2/c13-10-4-1-9(2-5-10)3-6-11-7-8-12(14)15-11/h1-2,4-5,11H,3,6-8H2,(H2,14,15). The maximum atomic E-state index is 12.6. The van der Waals surface area contributed by atoms with Crippen molar-refractivity contribution >= 4 is 5.84 Å². The van der Waals surface area contributed by atoms with E-state index in [-0.39, 0.29) is 5.82 Å². The van der Waals surface area contributed by atoms with Gasteiger partial charge in [0, 0.05) is 6.42 Å². The van der Waals surface area contributed by atoms with Crippen LogP contribution in [0.3, 0.4) is 0 Å². The molecule has 0 amide bonds. The molecule has 0 radical (unpaired) electrons. The smallest absolute Gasteiger partial charge is 0.123 e. The highest BCUT2D eigenvalue weighted by molar-refractivity contribution is 5.82. The Morgan fingerprint density at radius 1 is 1.33 bits per heavy atom. The van der Waals surface area contributed by atoms with Gasteiger partial charge in [-0.25, -0.2) is 4.39 Å². The maximum Gasteiger partial charge on any atom is 0.123 e. The Labute approximate surface area is 89.0 Å². The second-order valence-electron chi connectivity index (χ2n) is 3.98. The molecule has 2 nitrogen and oxygen atoms in total. The third kappa shape index (κ3) is 2.78. The molecule has 1 unspecified atom stereocenters. The summed E-state index contributed by atoms with van der Waals surface area (Å²) < 4.78 is 12.6. The highest BCUT2D eigenvalue weighted by Crippen LogP contribution is 2.17. The first kappa shape index (κ1) is 10.1. The normalized spacial score (nSPS) is 20.3. The molecule has 0 fully saturated rings. The average molecular weight is 206 g/mol. The second kappa shape index (κ2) is 4.43. The van der Waals surface area contributed by atoms with E-state index in [2.05, 4.69) is 4.99 Å². The van der Waals surface area contributed by atoms with Gasteiger partial charge in [-0.3, -0.25) is 4.99 Å². The molecule has 0 spiro atoms. The number of nitrogens with zero attached hydrogens (tertiary/aromatic N) is 1. The van der Waals surface area contributed by atoms with Crippen molar-refractivity contribution in [3.63, 3.8) is 0 Å². The molecular formula is C12H15FN2. The minimum Gasteiger partial charge on any atom is -0.387 e. The second-order valence-corrected chi connectivity index (χ2v) is 3.98. The van der Waals surface area contributed by atoms with E-state index < -0.39 is 0 Å². The number of halogens is 1. The van der Waals surface area contributed by atoms with Crippen molar-refractivity contribution in [1.29, 1.82) is 0 Å². The van der Waals surface area contributed by atoms with Crippen LogP contribution in [0.1, 0.15) is 24.8 Å². The van der Waals surface area contributed by atoms with Crippen LogP contribution in [0.25, 0.3) is 0 Å². The van der Waals surface area contributed by atoms with Crippen molar-refractivity contribution in [3.8, 4) is 0 Å². The highest BCUT2D eigenvalue weighted by Gasteiger charge is 2.14. The van der Waals surface area contributed by atoms with Crippen LogP contribution in [0, 0.1) is 5.82 Å². The van der Waals surface area contributed by atoms with Crippen molar-refractivity contribution in [1.82, 2.24) is 0 Å². The van der Waals surface area contributed by atoms with Crippen LogP contribution in [-0.4, -0.2) is 11.9 Å². The monoisotopic (exact) mass is 206 g/mol. The Morgan fingerprint density at radius 2 is 2.07 bits per heavy atom. The van der Waals surface area contributed by atoms with E-state index in [4.69, 9.17) is 5.73 Å². The molecule has 2 rings (SSSR count). The third-order valence-electron chi connectivity index (χ3n) is 2.76. The van der Waals surface area contributed by atoms with E-state index in [1.165, 1.54) is 12.1 Å². The van der Waals surface area contributed by atoms with Crippen molar-refractivity contribution in [3.05, 3.63) is 35.6 Å². The van der Waals surface area contributed by atoms with Gasteiger partial charge in [0.25, 0.3) is 0 Å². The Hall–Kier alpha value is -1.38. The molecule has 1 aliphatic rings. The van der Waals surface area contributed by atoms with Gasteiger partial charge in [-0.2, -0.15) is 0 Å². The van der Waals surface area contributed by atoms with Crippen LogP contribution >= 0.6 is 0 Å². The lowest BCUT2D eigenvalue weighted by molar-refractivity contribution is 0.609. The van der Waals surface area contributed by atoms with Gasteiger partial charge in [0.15, 0.2) is 0 Å². The van der Waals surface area contributed by atoms with Gasteiger partial charge in [-0.15, -0.1) is 0 Å². The molecule has 1 aromatic rings. The lowest BCUT2D eigenvalue weighted by atomic mass is 10.0. The predicted molar refractivity (Wildman–Crippen MR) is 59.4 cm³/mol. The van der Waals surface area contributed by atoms with Gasteiger partial charge in [0.2, 0.25) is 0 Å². The SMILES string of the molecule is NC1=NC(CCc2ccc(F)cc2)CC1. The minimum absolute atomic E-state index is 0.179. The molecule has 1 aromatic carbocycles. The van der Waals surface area contributed by atoms with E-state index in [0.717, 1.165) is 37.1 Å². The number of nitrogens with two attached hydrogens (primary N) is 1. The first-order valence-electron chi connectivity index (χ1n) is 5.30. The van der Waals surface area contributed by atoms with Crippen LogP contribution in [0.2, 0.25) is 0 Å². The van der Waals surface area contributed by atoms with Crippen LogP contribution < -0.4 is 5.73 Å². The number of rotatable bonds is 3. The highest BCUT2D eigenvalue weighted by atomic mass is 19.1. The van der Waals surface area contributed by atoms with E-state index in [1.54, 1.807) is 0 Å². The van der Waals surface area contributed by atoms with E-state index in [1.807, 2.05) is 12.1 Å². The first-order chi connectivity index (χ1) is 7.24. The number of benzene rings is 1. The van der Waals surface area contributed by atoms with Gasteiger partial charge in [0.05, 0.1) is 11.9 Å². The van der Waals surface area contributed by atoms with Crippen molar-refractivity contribution in [2.45, 2.75) is 31.7 Å². The van der Waals surface area contributed by atoms with E-state index in [0.29, 0.717) is 6.04 Å². The molecular weight excluding hydrogens is 191 g/mol. The van der Waals surface area contributed by atoms with Crippen molar-refractivity contribution in [2.75, 3.05) is 0 Å². The number of hydrogen-bond donors (Lipinski definition) is 1. The van der Waals surface area contributed by atoms with Crippen LogP contribution in [0.15, 0.2) is 29.3 Å². The summed E-state index contributed by atoms with van der Waals surface area (Å²) in [5.74, 6) is 0.598. The van der Waals surface area contributed by atoms with Gasteiger partial charge in [-0.05, 0) is 37.0 Å². The fourth-order valence-corrected chi connectivity index (χ4v) is 1.87. The maximum absolute atomic E-state index is 12.6. The Bertz CT molecular complexity index is 356. The zero-order valence-corrected chi connectivity index (χ0v) is 8.62. The molecule has 3 heteroatoms. The average Bonchev–Trinajstić information content (AvgIpc) is 2.64. The summed E-state index contributed by atoms with van der Waals surface area (Å²) in [5, 5.41) is 0. The summed E-state index contributed by atoms with van der Waals surface area (Å²) in [6, 6.07) is 7.04. The number of aliphatic imine (C=N–C) groups is 1. The topological polar surface area (TPSA) is 38.4 Å². The van der Waals surface area contributed by atoms with E-state index in [9.17, 15) is 4.39 Å². The quantitative estimate of drug-likeness (QED) is 0.809. The van der Waals surface area contributed by atoms with Crippen molar-refractivity contribution in [2.24, 2.45) is 10.7 Å². The molecule has 1 heterocycles. The lowest BCUT2D eigenvalue weighted by Crippen LogP contribution is -2.06. The largest absolute Gasteiger partial charge is 0.387 e. The molecule has 0 saturated heterocycles. The fraction of sp³-hybridized carbons (Fsp3) is 0.417. The molecule has 80 valence electrons. The summed E-state index contributed by atoms with van der Waals surface area (Å²) in [7, 11) is 0. The molecule has 1 atom stereocenters. The Morgan fingerprint density at radius 3 is 2.67 bits per heavy atom. The molecule has 2 N–H and O–H groups in total. The summed E-state index contributed by atoms with van der Waals surface area (Å²) in [6.45, 7) is 0. The molecule has 0 aliphatic carbocycles. The molecule has 15 heavy (non-hydrogen) atoms. The molecule has 1 aliphatic heterocycles. The predicted octanol–water partition coefficient (Wildman–Crippen LogP) is 2.28. The lowest BCUT2D eigenvalue weighted by Gasteiger charge is -2.05. The van der Waals surface area contributed by atoms with Crippen LogP contribution in [-0.2, 0) is 6.42 Å². The zero-order chi connectivity index (χ0) is 10.7. The zero-order valence-electron chi connectivity index (χ0n) is 8.62. The van der Waals surface area contributed by atoms with Gasteiger partial charge >= 0.3 is 0 Å². The number of amidine groups is 1.